The number of benzene rings is 2. The highest BCUT2D eigenvalue weighted by Gasteiger charge is 2.35. The number of esters is 1. The summed E-state index contributed by atoms with van der Waals surface area (Å²) in [4.78, 5) is 39.4. The van der Waals surface area contributed by atoms with Crippen LogP contribution < -0.4 is 10.2 Å². The number of hydrogen-bond acceptors (Lipinski definition) is 5. The van der Waals surface area contributed by atoms with Crippen LogP contribution >= 0.6 is 23.8 Å². The second kappa shape index (κ2) is 9.72. The Balaban J connectivity index is 1.75. The van der Waals surface area contributed by atoms with E-state index in [9.17, 15) is 14.4 Å². The Morgan fingerprint density at radius 3 is 2.39 bits per heavy atom. The molecular weight excluding hydrogens is 498 g/mol. The minimum Gasteiger partial charge on any atom is -0.465 e. The molecule has 0 saturated carbocycles. The molecule has 0 unspecified atom stereocenters. The lowest BCUT2D eigenvalue weighted by molar-refractivity contribution is -0.122. The number of ether oxygens (including phenoxy) is 1. The third-order valence-electron chi connectivity index (χ3n) is 6.14. The van der Waals surface area contributed by atoms with Gasteiger partial charge >= 0.3 is 5.97 Å². The van der Waals surface area contributed by atoms with E-state index in [1.807, 2.05) is 44.4 Å². The van der Waals surface area contributed by atoms with Crippen LogP contribution in [0.1, 0.15) is 38.4 Å². The lowest BCUT2D eigenvalue weighted by Crippen LogP contribution is -2.54. The maximum absolute atomic E-state index is 13.4. The second-order valence-electron chi connectivity index (χ2n) is 8.55. The highest BCUT2D eigenvalue weighted by atomic mass is 35.5. The third-order valence-corrected chi connectivity index (χ3v) is 6.84. The number of carbonyl (C=O) groups excluding carboxylic acids is 3. The van der Waals surface area contributed by atoms with E-state index >= 15 is 0 Å². The summed E-state index contributed by atoms with van der Waals surface area (Å²) in [5.41, 5.74) is 5.92. The van der Waals surface area contributed by atoms with Crippen LogP contribution in [0.2, 0.25) is 5.02 Å². The van der Waals surface area contributed by atoms with Crippen LogP contribution in [-0.2, 0) is 14.3 Å². The summed E-state index contributed by atoms with van der Waals surface area (Å²) in [6, 6.07) is 12.4. The number of carbonyl (C=O) groups is 3. The predicted molar refractivity (Wildman–Crippen MR) is 144 cm³/mol. The molecule has 1 aliphatic rings. The van der Waals surface area contributed by atoms with Gasteiger partial charge in [0.2, 0.25) is 0 Å². The summed E-state index contributed by atoms with van der Waals surface area (Å²) in [6.45, 7) is 7.60. The standard InChI is InChI=1S/C27H24ClN3O4S/c1-14-6-8-20(13-22(14)28)31-25(33)21(24(32)29-27(31)36)12-19-11-16(3)30(17(19)4)23-9-7-18(10-15(23)2)26(34)35-5/h6-13H,1-5H3,(H,29,32,36)/b21-12+. The number of methoxy groups -OCH3 is 1. The van der Waals surface area contributed by atoms with Crippen molar-refractivity contribution in [3.05, 3.63) is 86.7 Å². The molecule has 2 amide bonds. The van der Waals surface area contributed by atoms with Gasteiger partial charge < -0.3 is 9.30 Å². The van der Waals surface area contributed by atoms with Gasteiger partial charge in [0.05, 0.1) is 18.4 Å². The molecule has 0 atom stereocenters. The summed E-state index contributed by atoms with van der Waals surface area (Å²) in [5, 5.41) is 3.09. The Hall–Kier alpha value is -3.75. The van der Waals surface area contributed by atoms with Gasteiger partial charge in [-0.05, 0) is 99.1 Å². The van der Waals surface area contributed by atoms with Crippen LogP contribution in [0, 0.1) is 27.7 Å². The average Bonchev–Trinajstić information content (AvgIpc) is 3.10. The smallest absolute Gasteiger partial charge is 0.337 e. The second-order valence-corrected chi connectivity index (χ2v) is 9.34. The van der Waals surface area contributed by atoms with Crippen molar-refractivity contribution in [3.63, 3.8) is 0 Å². The summed E-state index contributed by atoms with van der Waals surface area (Å²) >= 11 is 11.5. The number of aryl methyl sites for hydroxylation is 3. The van der Waals surface area contributed by atoms with Crippen molar-refractivity contribution < 1.29 is 19.1 Å². The van der Waals surface area contributed by atoms with Gasteiger partial charge in [0.1, 0.15) is 5.57 Å². The molecule has 7 nitrogen and oxygen atoms in total. The topological polar surface area (TPSA) is 80.6 Å². The molecular formula is C27H24ClN3O4S. The molecule has 9 heteroatoms. The SMILES string of the molecule is COC(=O)c1ccc(-n2c(C)cc(/C=C3\C(=O)NC(=S)N(c4ccc(C)c(Cl)c4)C3=O)c2C)c(C)c1. The van der Waals surface area contributed by atoms with E-state index in [0.29, 0.717) is 21.8 Å². The lowest BCUT2D eigenvalue weighted by atomic mass is 10.1. The van der Waals surface area contributed by atoms with Gasteiger partial charge in [-0.2, -0.15) is 0 Å². The highest BCUT2D eigenvalue weighted by molar-refractivity contribution is 7.80. The van der Waals surface area contributed by atoms with E-state index in [4.69, 9.17) is 28.6 Å². The number of amides is 2. The van der Waals surface area contributed by atoms with Crippen molar-refractivity contribution in [3.8, 4) is 5.69 Å². The lowest BCUT2D eigenvalue weighted by Gasteiger charge is -2.29. The number of rotatable bonds is 4. The fourth-order valence-electron chi connectivity index (χ4n) is 4.22. The molecule has 3 aromatic rings. The molecule has 2 aromatic carbocycles. The van der Waals surface area contributed by atoms with Gasteiger partial charge in [-0.3, -0.25) is 19.8 Å². The first-order chi connectivity index (χ1) is 17.0. The first-order valence-electron chi connectivity index (χ1n) is 11.1. The molecule has 184 valence electrons. The molecule has 1 N–H and O–H groups in total. The Bertz CT molecular complexity index is 1490. The highest BCUT2D eigenvalue weighted by Crippen LogP contribution is 2.29. The quantitative estimate of drug-likeness (QED) is 0.227. The van der Waals surface area contributed by atoms with E-state index in [-0.39, 0.29) is 10.7 Å². The van der Waals surface area contributed by atoms with Gasteiger partial charge in [0, 0.05) is 22.1 Å². The van der Waals surface area contributed by atoms with E-state index in [1.165, 1.54) is 12.0 Å². The minimum atomic E-state index is -0.567. The average molecular weight is 522 g/mol. The summed E-state index contributed by atoms with van der Waals surface area (Å²) in [6.07, 6.45) is 1.57. The zero-order chi connectivity index (χ0) is 26.3. The Kier molecular flexibility index (Phi) is 6.84. The molecule has 0 bridgehead atoms. The van der Waals surface area contributed by atoms with Crippen molar-refractivity contribution in [2.75, 3.05) is 12.0 Å². The fraction of sp³-hybridized carbons (Fsp3) is 0.185. The third kappa shape index (κ3) is 4.45. The molecule has 1 aromatic heterocycles. The largest absolute Gasteiger partial charge is 0.465 e. The molecule has 1 fully saturated rings. The van der Waals surface area contributed by atoms with Gasteiger partial charge in [0.15, 0.2) is 5.11 Å². The minimum absolute atomic E-state index is 0.00568. The number of hydrogen-bond donors (Lipinski definition) is 1. The first kappa shape index (κ1) is 25.3. The number of aromatic nitrogens is 1. The van der Waals surface area contributed by atoms with Crippen molar-refractivity contribution in [1.29, 1.82) is 0 Å². The number of nitrogens with zero attached hydrogens (tertiary/aromatic N) is 2. The molecule has 0 spiro atoms. The van der Waals surface area contributed by atoms with Crippen molar-refractivity contribution in [1.82, 2.24) is 9.88 Å². The Morgan fingerprint density at radius 1 is 1.03 bits per heavy atom. The van der Waals surface area contributed by atoms with Crippen LogP contribution in [0.25, 0.3) is 11.8 Å². The van der Waals surface area contributed by atoms with Gasteiger partial charge in [-0.15, -0.1) is 0 Å². The molecule has 1 saturated heterocycles. The van der Waals surface area contributed by atoms with E-state index in [2.05, 4.69) is 5.32 Å². The molecule has 1 aliphatic heterocycles. The van der Waals surface area contributed by atoms with Crippen molar-refractivity contribution in [2.45, 2.75) is 27.7 Å². The number of halogens is 1. The summed E-state index contributed by atoms with van der Waals surface area (Å²) < 4.78 is 6.82. The van der Waals surface area contributed by atoms with Gasteiger partial charge in [-0.1, -0.05) is 17.7 Å². The van der Waals surface area contributed by atoms with Crippen LogP contribution in [0.3, 0.4) is 0 Å². The molecule has 0 radical (unpaired) electrons. The maximum atomic E-state index is 13.4. The molecule has 0 aliphatic carbocycles. The van der Waals surface area contributed by atoms with E-state index in [1.54, 1.807) is 36.4 Å². The monoisotopic (exact) mass is 521 g/mol. The normalized spacial score (nSPS) is 14.9. The predicted octanol–water partition coefficient (Wildman–Crippen LogP) is 4.98. The number of nitrogens with one attached hydrogen (secondary N) is 1. The van der Waals surface area contributed by atoms with Crippen LogP contribution in [0.5, 0.6) is 0 Å². The Labute approximate surface area is 219 Å². The first-order valence-corrected chi connectivity index (χ1v) is 11.9. The summed E-state index contributed by atoms with van der Waals surface area (Å²) in [7, 11) is 1.34. The number of anilines is 1. The van der Waals surface area contributed by atoms with Gasteiger partial charge in [0.25, 0.3) is 11.8 Å². The zero-order valence-corrected chi connectivity index (χ0v) is 22.0. The van der Waals surface area contributed by atoms with E-state index in [0.717, 1.165) is 28.2 Å². The van der Waals surface area contributed by atoms with Crippen LogP contribution in [-0.4, -0.2) is 34.6 Å². The van der Waals surface area contributed by atoms with Gasteiger partial charge in [-0.25, -0.2) is 4.79 Å². The summed E-state index contributed by atoms with van der Waals surface area (Å²) in [5.74, 6) is -1.51. The fourth-order valence-corrected chi connectivity index (χ4v) is 4.68. The van der Waals surface area contributed by atoms with Crippen LogP contribution in [0.15, 0.2) is 48.0 Å². The van der Waals surface area contributed by atoms with E-state index < -0.39 is 17.8 Å². The molecule has 4 rings (SSSR count). The Morgan fingerprint density at radius 2 is 1.75 bits per heavy atom. The number of thiocarbonyl (C=S) groups is 1. The molecule has 2 heterocycles. The molecule has 36 heavy (non-hydrogen) atoms. The zero-order valence-electron chi connectivity index (χ0n) is 20.4. The van der Waals surface area contributed by atoms with Crippen molar-refractivity contribution >= 4 is 58.5 Å². The van der Waals surface area contributed by atoms with Crippen LogP contribution in [0.4, 0.5) is 5.69 Å². The maximum Gasteiger partial charge on any atom is 0.337 e. The van der Waals surface area contributed by atoms with Crippen molar-refractivity contribution in [2.24, 2.45) is 0 Å².